The van der Waals surface area contributed by atoms with E-state index < -0.39 is 0 Å². The Morgan fingerprint density at radius 1 is 0.794 bits per heavy atom. The number of pyridine rings is 1. The fourth-order valence-electron chi connectivity index (χ4n) is 4.76. The maximum Gasteiger partial charge on any atom is 0.233 e. The Morgan fingerprint density at radius 2 is 1.35 bits per heavy atom. The van der Waals surface area contributed by atoms with E-state index in [1.165, 1.54) is 0 Å². The molecule has 34 heavy (non-hydrogen) atoms. The summed E-state index contributed by atoms with van der Waals surface area (Å²) in [5.74, 6) is 1.45. The monoisotopic (exact) mass is 465 g/mol. The van der Waals surface area contributed by atoms with Crippen LogP contribution >= 0.6 is 0 Å². The molecule has 4 heterocycles. The molecule has 2 fully saturated rings. The predicted molar refractivity (Wildman–Crippen MR) is 132 cm³/mol. The molecule has 1 aromatic carbocycles. The van der Waals surface area contributed by atoms with Crippen LogP contribution in [0.25, 0.3) is 10.9 Å². The van der Waals surface area contributed by atoms with Crippen LogP contribution in [0.15, 0.2) is 30.5 Å². The topological polar surface area (TPSA) is 194 Å². The van der Waals surface area contributed by atoms with Gasteiger partial charge < -0.3 is 43.2 Å². The fourth-order valence-corrected chi connectivity index (χ4v) is 4.76. The number of anilines is 4. The third-order valence-corrected chi connectivity index (χ3v) is 6.20. The summed E-state index contributed by atoms with van der Waals surface area (Å²) in [4.78, 5) is 22.4. The zero-order valence-electron chi connectivity index (χ0n) is 18.9. The van der Waals surface area contributed by atoms with E-state index in [1.54, 1.807) is 18.3 Å². The Hall–Kier alpha value is -3.32. The molecule has 0 saturated carbocycles. The molecule has 0 unspecified atom stereocenters. The number of nitrogens with one attached hydrogen (secondary N) is 1. The average molecular weight is 466 g/mol. The van der Waals surface area contributed by atoms with Crippen molar-refractivity contribution < 1.29 is 5.11 Å². The number of nitrogens with zero attached hydrogens (tertiary/aromatic N) is 6. The van der Waals surface area contributed by atoms with Crippen molar-refractivity contribution in [3.05, 3.63) is 30.5 Å². The van der Waals surface area contributed by atoms with Gasteiger partial charge in [0.2, 0.25) is 17.8 Å². The molecule has 4 atom stereocenters. The third kappa shape index (κ3) is 4.66. The molecule has 2 aliphatic rings. The van der Waals surface area contributed by atoms with Crippen LogP contribution in [0.1, 0.15) is 12.8 Å². The Kier molecular flexibility index (Phi) is 6.04. The average Bonchev–Trinajstić information content (AvgIpc) is 2.80. The molecule has 0 bridgehead atoms. The van der Waals surface area contributed by atoms with Crippen molar-refractivity contribution in [2.45, 2.75) is 37.0 Å². The summed E-state index contributed by atoms with van der Waals surface area (Å²) in [6, 6.07) is 6.78. The van der Waals surface area contributed by atoms with E-state index in [0.717, 1.165) is 18.2 Å². The number of nitrogens with two attached hydrogens (primary N) is 4. The van der Waals surface area contributed by atoms with Gasteiger partial charge in [-0.05, 0) is 37.1 Å². The summed E-state index contributed by atoms with van der Waals surface area (Å²) in [6.45, 7) is 2.40. The first-order valence-corrected chi connectivity index (χ1v) is 11.5. The van der Waals surface area contributed by atoms with Crippen LogP contribution in [0.5, 0.6) is 5.75 Å². The van der Waals surface area contributed by atoms with Gasteiger partial charge in [-0.3, -0.25) is 4.98 Å². The van der Waals surface area contributed by atoms with E-state index in [4.69, 9.17) is 37.9 Å². The summed E-state index contributed by atoms with van der Waals surface area (Å²) < 4.78 is 0. The van der Waals surface area contributed by atoms with Gasteiger partial charge in [0.05, 0.1) is 5.69 Å². The number of fused-ring (bicyclic) bond motifs is 1. The number of hydrogen-bond donors (Lipinski definition) is 6. The maximum absolute atomic E-state index is 10.2. The molecule has 3 aromatic rings. The number of hydrogen-bond acceptors (Lipinski definition) is 12. The normalized spacial score (nSPS) is 25.5. The van der Waals surface area contributed by atoms with Crippen LogP contribution in [-0.4, -0.2) is 75.4 Å². The van der Waals surface area contributed by atoms with E-state index in [2.05, 4.69) is 10.3 Å². The fraction of sp³-hybridized carbons (Fsp3) is 0.455. The van der Waals surface area contributed by atoms with Gasteiger partial charge in [0.15, 0.2) is 0 Å². The quantitative estimate of drug-likeness (QED) is 0.273. The minimum atomic E-state index is -0.0654. The second-order valence-electron chi connectivity index (χ2n) is 9.24. The minimum absolute atomic E-state index is 0.0654. The molecule has 10 N–H and O–H groups in total. The van der Waals surface area contributed by atoms with Crippen molar-refractivity contribution in [2.24, 2.45) is 22.9 Å². The van der Waals surface area contributed by atoms with Gasteiger partial charge in [-0.25, -0.2) is 0 Å². The molecule has 5 rings (SSSR count). The lowest BCUT2D eigenvalue weighted by Gasteiger charge is -2.37. The van der Waals surface area contributed by atoms with Crippen molar-refractivity contribution in [1.29, 1.82) is 0 Å². The number of aromatic hydroxyl groups is 1. The molecule has 0 aliphatic carbocycles. The third-order valence-electron chi connectivity index (χ3n) is 6.20. The molecule has 2 saturated heterocycles. The molecule has 2 aliphatic heterocycles. The van der Waals surface area contributed by atoms with Gasteiger partial charge in [-0.2, -0.15) is 15.0 Å². The zero-order valence-corrected chi connectivity index (χ0v) is 18.9. The summed E-state index contributed by atoms with van der Waals surface area (Å²) in [6.07, 6.45) is 3.14. The highest BCUT2D eigenvalue weighted by atomic mass is 16.3. The molecule has 0 spiro atoms. The van der Waals surface area contributed by atoms with Crippen LogP contribution in [0.3, 0.4) is 0 Å². The first kappa shape index (κ1) is 22.5. The summed E-state index contributed by atoms with van der Waals surface area (Å²) in [5.41, 5.74) is 26.1. The molecule has 0 radical (unpaired) electrons. The van der Waals surface area contributed by atoms with E-state index in [9.17, 15) is 5.11 Å². The molecule has 180 valence electrons. The largest absolute Gasteiger partial charge is 0.506 e. The van der Waals surface area contributed by atoms with E-state index in [1.807, 2.05) is 21.9 Å². The molecule has 12 nitrogen and oxygen atoms in total. The van der Waals surface area contributed by atoms with Crippen molar-refractivity contribution in [1.82, 2.24) is 19.9 Å². The maximum atomic E-state index is 10.2. The van der Waals surface area contributed by atoms with Gasteiger partial charge >= 0.3 is 0 Å². The standard InChI is InChI=1S/C22H31N11O/c23-12-6-13(24)9-32(8-12)21-29-20(30-22(31-21)33-10-14(25)7-15(26)11-33)28-17-3-4-18(34)19-16(17)2-1-5-27-19/h1-5,12-15,34H,6-11,23-26H2,(H,28,29,30,31)/t12-,13+,14-,15+. The van der Waals surface area contributed by atoms with Gasteiger partial charge in [0.1, 0.15) is 11.3 Å². The van der Waals surface area contributed by atoms with Crippen molar-refractivity contribution >= 4 is 34.4 Å². The van der Waals surface area contributed by atoms with Gasteiger partial charge in [-0.1, -0.05) is 0 Å². The van der Waals surface area contributed by atoms with Crippen LogP contribution in [-0.2, 0) is 0 Å². The first-order chi connectivity index (χ1) is 16.4. The van der Waals surface area contributed by atoms with Crippen LogP contribution in [0.4, 0.5) is 23.5 Å². The number of rotatable bonds is 4. The lowest BCUT2D eigenvalue weighted by atomic mass is 10.0. The second kappa shape index (κ2) is 9.14. The van der Waals surface area contributed by atoms with E-state index in [0.29, 0.717) is 55.2 Å². The highest BCUT2D eigenvalue weighted by Crippen LogP contribution is 2.31. The smallest absolute Gasteiger partial charge is 0.233 e. The zero-order chi connectivity index (χ0) is 23.8. The highest BCUT2D eigenvalue weighted by Gasteiger charge is 2.28. The van der Waals surface area contributed by atoms with E-state index in [-0.39, 0.29) is 29.9 Å². The molecular weight excluding hydrogens is 434 g/mol. The lowest BCUT2D eigenvalue weighted by molar-refractivity contribution is 0.441. The van der Waals surface area contributed by atoms with Gasteiger partial charge in [0, 0.05) is 61.9 Å². The lowest BCUT2D eigenvalue weighted by Crippen LogP contribution is -2.54. The van der Waals surface area contributed by atoms with Crippen molar-refractivity contribution in [3.63, 3.8) is 0 Å². The number of phenols is 1. The SMILES string of the molecule is N[C@@H]1C[C@H](N)CN(c2nc(Nc3ccc(O)c4ncccc34)nc(N3C[C@H](N)C[C@H](N)C3)n2)C1. The number of piperidine rings is 2. The van der Waals surface area contributed by atoms with Gasteiger partial charge in [-0.15, -0.1) is 0 Å². The van der Waals surface area contributed by atoms with Crippen molar-refractivity contribution in [3.8, 4) is 5.75 Å². The van der Waals surface area contributed by atoms with Crippen LogP contribution < -0.4 is 38.1 Å². The first-order valence-electron chi connectivity index (χ1n) is 11.5. The summed E-state index contributed by atoms with van der Waals surface area (Å²) >= 11 is 0. The summed E-state index contributed by atoms with van der Waals surface area (Å²) in [5, 5.41) is 14.2. The number of benzene rings is 1. The summed E-state index contributed by atoms with van der Waals surface area (Å²) in [7, 11) is 0. The second-order valence-corrected chi connectivity index (χ2v) is 9.24. The van der Waals surface area contributed by atoms with Gasteiger partial charge in [0.25, 0.3) is 0 Å². The number of phenolic OH excluding ortho intramolecular Hbond substituents is 1. The molecule has 12 heteroatoms. The highest BCUT2D eigenvalue weighted by molar-refractivity contribution is 5.96. The minimum Gasteiger partial charge on any atom is -0.506 e. The predicted octanol–water partition coefficient (Wildman–Crippen LogP) is -0.402. The van der Waals surface area contributed by atoms with Crippen molar-refractivity contribution in [2.75, 3.05) is 41.3 Å². The molecule has 2 aromatic heterocycles. The molecular formula is C22H31N11O. The Morgan fingerprint density at radius 3 is 1.91 bits per heavy atom. The Balaban J connectivity index is 1.54. The number of aromatic nitrogens is 4. The molecule has 0 amide bonds. The Labute approximate surface area is 197 Å². The van der Waals surface area contributed by atoms with Crippen LogP contribution in [0.2, 0.25) is 0 Å². The Bertz CT molecular complexity index is 1110. The van der Waals surface area contributed by atoms with E-state index >= 15 is 0 Å². The van der Waals surface area contributed by atoms with Crippen LogP contribution in [0, 0.1) is 0 Å².